The Morgan fingerprint density at radius 2 is 2.04 bits per heavy atom. The standard InChI is InChI=1S/C17H31N3O3/c1-12-9-18-13(10-19-8-7-17(5,6)14(19)21)11-20(12)15(22)23-16(2,3)4/h12-13,18H,7-11H2,1-6H3. The van der Waals surface area contributed by atoms with Gasteiger partial charge in [-0.1, -0.05) is 13.8 Å². The van der Waals surface area contributed by atoms with Crippen LogP contribution in [0.1, 0.15) is 48.0 Å². The first-order valence-electron chi connectivity index (χ1n) is 8.52. The normalized spacial score (nSPS) is 28.2. The molecule has 0 spiro atoms. The molecule has 132 valence electrons. The summed E-state index contributed by atoms with van der Waals surface area (Å²) >= 11 is 0. The summed E-state index contributed by atoms with van der Waals surface area (Å²) in [5.41, 5.74) is -0.751. The van der Waals surface area contributed by atoms with Crippen molar-refractivity contribution in [3.63, 3.8) is 0 Å². The van der Waals surface area contributed by atoms with E-state index in [2.05, 4.69) is 5.32 Å². The fourth-order valence-corrected chi connectivity index (χ4v) is 3.12. The van der Waals surface area contributed by atoms with E-state index in [-0.39, 0.29) is 29.5 Å². The highest BCUT2D eigenvalue weighted by molar-refractivity contribution is 5.84. The van der Waals surface area contributed by atoms with Crippen molar-refractivity contribution in [3.8, 4) is 0 Å². The number of hydrogen-bond donors (Lipinski definition) is 1. The second-order valence-corrected chi connectivity index (χ2v) is 8.47. The maximum absolute atomic E-state index is 12.4. The number of nitrogens with zero attached hydrogens (tertiary/aromatic N) is 2. The smallest absolute Gasteiger partial charge is 0.410 e. The SMILES string of the molecule is CC1CNC(CN2CCC(C)(C)C2=O)CN1C(=O)OC(C)(C)C. The number of nitrogens with one attached hydrogen (secondary N) is 1. The van der Waals surface area contributed by atoms with Crippen molar-refractivity contribution in [1.29, 1.82) is 0 Å². The third-order valence-electron chi connectivity index (χ3n) is 4.59. The molecular weight excluding hydrogens is 294 g/mol. The zero-order valence-electron chi connectivity index (χ0n) is 15.3. The van der Waals surface area contributed by atoms with E-state index in [0.29, 0.717) is 13.1 Å². The molecule has 6 nitrogen and oxygen atoms in total. The Morgan fingerprint density at radius 3 is 2.57 bits per heavy atom. The molecule has 23 heavy (non-hydrogen) atoms. The van der Waals surface area contributed by atoms with Gasteiger partial charge in [0.2, 0.25) is 5.91 Å². The maximum atomic E-state index is 12.4. The monoisotopic (exact) mass is 325 g/mol. The van der Waals surface area contributed by atoms with Gasteiger partial charge in [-0.15, -0.1) is 0 Å². The van der Waals surface area contributed by atoms with E-state index < -0.39 is 5.60 Å². The summed E-state index contributed by atoms with van der Waals surface area (Å²) in [6.07, 6.45) is 0.620. The Hall–Kier alpha value is -1.30. The lowest BCUT2D eigenvalue weighted by Gasteiger charge is -2.40. The summed E-state index contributed by atoms with van der Waals surface area (Å²) < 4.78 is 5.50. The van der Waals surface area contributed by atoms with Crippen LogP contribution < -0.4 is 5.32 Å². The molecule has 2 fully saturated rings. The highest BCUT2D eigenvalue weighted by Gasteiger charge is 2.40. The molecule has 0 aliphatic carbocycles. The van der Waals surface area contributed by atoms with E-state index in [4.69, 9.17) is 4.74 Å². The minimum atomic E-state index is -0.494. The molecule has 0 aromatic heterocycles. The van der Waals surface area contributed by atoms with Crippen LogP contribution in [0.15, 0.2) is 0 Å². The van der Waals surface area contributed by atoms with Crippen LogP contribution in [0.25, 0.3) is 0 Å². The minimum Gasteiger partial charge on any atom is -0.444 e. The summed E-state index contributed by atoms with van der Waals surface area (Å²) in [6.45, 7) is 14.4. The zero-order valence-corrected chi connectivity index (χ0v) is 15.3. The molecule has 0 bridgehead atoms. The molecular formula is C17H31N3O3. The molecule has 6 heteroatoms. The lowest BCUT2D eigenvalue weighted by Crippen LogP contribution is -2.60. The first-order chi connectivity index (χ1) is 10.5. The number of piperazine rings is 1. The van der Waals surface area contributed by atoms with E-state index in [0.717, 1.165) is 19.5 Å². The second kappa shape index (κ2) is 6.30. The van der Waals surface area contributed by atoms with Crippen molar-refractivity contribution in [1.82, 2.24) is 15.1 Å². The summed E-state index contributed by atoms with van der Waals surface area (Å²) in [7, 11) is 0. The minimum absolute atomic E-state index is 0.0896. The molecule has 2 saturated heterocycles. The van der Waals surface area contributed by atoms with Crippen molar-refractivity contribution in [3.05, 3.63) is 0 Å². The van der Waals surface area contributed by atoms with E-state index in [1.54, 1.807) is 4.90 Å². The van der Waals surface area contributed by atoms with Gasteiger partial charge in [0, 0.05) is 43.7 Å². The van der Waals surface area contributed by atoms with Crippen LogP contribution in [-0.4, -0.2) is 65.7 Å². The average Bonchev–Trinajstić information content (AvgIpc) is 2.66. The summed E-state index contributed by atoms with van der Waals surface area (Å²) in [4.78, 5) is 28.4. The number of rotatable bonds is 2. The van der Waals surface area contributed by atoms with Crippen molar-refractivity contribution >= 4 is 12.0 Å². The van der Waals surface area contributed by atoms with Crippen molar-refractivity contribution in [2.24, 2.45) is 5.41 Å². The van der Waals surface area contributed by atoms with Crippen LogP contribution in [0.4, 0.5) is 4.79 Å². The molecule has 0 radical (unpaired) electrons. The molecule has 2 aliphatic heterocycles. The largest absolute Gasteiger partial charge is 0.444 e. The van der Waals surface area contributed by atoms with E-state index in [1.807, 2.05) is 46.4 Å². The molecule has 2 rings (SSSR count). The predicted octanol–water partition coefficient (Wildman–Crippen LogP) is 1.84. The molecule has 2 unspecified atom stereocenters. The molecule has 2 atom stereocenters. The highest BCUT2D eigenvalue weighted by Crippen LogP contribution is 2.30. The van der Waals surface area contributed by atoms with Crippen LogP contribution in [0.3, 0.4) is 0 Å². The molecule has 0 saturated carbocycles. The first-order valence-corrected chi connectivity index (χ1v) is 8.52. The van der Waals surface area contributed by atoms with Crippen molar-refractivity contribution in [2.75, 3.05) is 26.2 Å². The average molecular weight is 325 g/mol. The molecule has 1 N–H and O–H groups in total. The number of likely N-dealkylation sites (tertiary alicyclic amines) is 1. The van der Waals surface area contributed by atoms with Gasteiger partial charge in [0.25, 0.3) is 0 Å². The fourth-order valence-electron chi connectivity index (χ4n) is 3.12. The van der Waals surface area contributed by atoms with E-state index in [1.165, 1.54) is 0 Å². The van der Waals surface area contributed by atoms with Gasteiger partial charge in [0.15, 0.2) is 0 Å². The summed E-state index contributed by atoms with van der Waals surface area (Å²) in [5.74, 6) is 0.210. The molecule has 2 aliphatic rings. The maximum Gasteiger partial charge on any atom is 0.410 e. The number of carbonyl (C=O) groups is 2. The molecule has 0 aromatic rings. The van der Waals surface area contributed by atoms with Crippen LogP contribution in [0.5, 0.6) is 0 Å². The van der Waals surface area contributed by atoms with Gasteiger partial charge in [-0.3, -0.25) is 4.79 Å². The molecule has 2 amide bonds. The van der Waals surface area contributed by atoms with Gasteiger partial charge >= 0.3 is 6.09 Å². The topological polar surface area (TPSA) is 61.9 Å². The third kappa shape index (κ3) is 4.37. The molecule has 0 aromatic carbocycles. The van der Waals surface area contributed by atoms with Gasteiger partial charge in [-0.2, -0.15) is 0 Å². The summed E-state index contributed by atoms with van der Waals surface area (Å²) in [5, 5.41) is 3.45. The van der Waals surface area contributed by atoms with E-state index >= 15 is 0 Å². The quantitative estimate of drug-likeness (QED) is 0.841. The first kappa shape index (κ1) is 18.0. The lowest BCUT2D eigenvalue weighted by molar-refractivity contribution is -0.135. The predicted molar refractivity (Wildman–Crippen MR) is 89.2 cm³/mol. The number of ether oxygens (including phenoxy) is 1. The second-order valence-electron chi connectivity index (χ2n) is 8.47. The summed E-state index contributed by atoms with van der Waals surface area (Å²) in [6, 6.07) is 0.184. The van der Waals surface area contributed by atoms with Gasteiger partial charge in [0.1, 0.15) is 5.60 Å². The Bertz CT molecular complexity index is 470. The fraction of sp³-hybridized carbons (Fsp3) is 0.882. The van der Waals surface area contributed by atoms with Crippen LogP contribution in [0, 0.1) is 5.41 Å². The zero-order chi connectivity index (χ0) is 17.4. The van der Waals surface area contributed by atoms with Gasteiger partial charge in [0.05, 0.1) is 0 Å². The van der Waals surface area contributed by atoms with Crippen molar-refractivity contribution < 1.29 is 14.3 Å². The van der Waals surface area contributed by atoms with E-state index in [9.17, 15) is 9.59 Å². The highest BCUT2D eigenvalue weighted by atomic mass is 16.6. The van der Waals surface area contributed by atoms with Crippen LogP contribution in [-0.2, 0) is 9.53 Å². The molecule has 2 heterocycles. The Labute approximate surface area is 139 Å². The van der Waals surface area contributed by atoms with Gasteiger partial charge in [-0.25, -0.2) is 4.79 Å². The lowest BCUT2D eigenvalue weighted by atomic mass is 9.92. The number of amides is 2. The Balaban J connectivity index is 1.95. The van der Waals surface area contributed by atoms with Crippen LogP contribution in [0.2, 0.25) is 0 Å². The Kier molecular flexibility index (Phi) is 4.95. The van der Waals surface area contributed by atoms with Crippen molar-refractivity contribution in [2.45, 2.75) is 65.6 Å². The number of hydrogen-bond acceptors (Lipinski definition) is 4. The Morgan fingerprint density at radius 1 is 1.39 bits per heavy atom. The number of carbonyl (C=O) groups excluding carboxylic acids is 2. The van der Waals surface area contributed by atoms with Crippen LogP contribution >= 0.6 is 0 Å². The third-order valence-corrected chi connectivity index (χ3v) is 4.59. The van der Waals surface area contributed by atoms with Gasteiger partial charge < -0.3 is 19.9 Å². The van der Waals surface area contributed by atoms with Gasteiger partial charge in [-0.05, 0) is 34.1 Å².